The van der Waals surface area contributed by atoms with Gasteiger partial charge in [0.05, 0.1) is 11.1 Å². The lowest BCUT2D eigenvalue weighted by atomic mass is 9.77. The number of hydrogen-bond acceptors (Lipinski definition) is 10. The second-order valence-electron chi connectivity index (χ2n) is 11.1. The minimum absolute atomic E-state index is 0.00207. The molecule has 226 valence electrons. The Morgan fingerprint density at radius 1 is 0.705 bits per heavy atom. The topological polar surface area (TPSA) is 182 Å². The highest BCUT2D eigenvalue weighted by Crippen LogP contribution is 2.50. The van der Waals surface area contributed by atoms with Gasteiger partial charge in [0.2, 0.25) is 5.78 Å². The molecule has 10 heteroatoms. The fraction of sp³-hybridized carbons (Fsp3) is 0.206. The van der Waals surface area contributed by atoms with Crippen molar-refractivity contribution in [1.29, 1.82) is 0 Å². The maximum Gasteiger partial charge on any atom is 0.201 e. The highest BCUT2D eigenvalue weighted by Gasteiger charge is 2.38. The molecule has 1 atom stereocenters. The number of ketones is 3. The number of carbonyl (C=O) groups is 3. The maximum absolute atomic E-state index is 13.6. The van der Waals surface area contributed by atoms with E-state index in [9.17, 15) is 45.0 Å². The maximum atomic E-state index is 13.6. The molecular formula is C34H30O10. The summed E-state index contributed by atoms with van der Waals surface area (Å²) in [6.45, 7) is 4.88. The molecule has 4 aromatic carbocycles. The van der Waals surface area contributed by atoms with Crippen LogP contribution in [0.4, 0.5) is 0 Å². The summed E-state index contributed by atoms with van der Waals surface area (Å²) in [5, 5.41) is 64.2. The summed E-state index contributed by atoms with van der Waals surface area (Å²) in [6.07, 6.45) is 0.617. The first kappa shape index (κ1) is 30.0. The van der Waals surface area contributed by atoms with E-state index in [0.717, 1.165) is 23.8 Å². The second kappa shape index (κ2) is 11.3. The van der Waals surface area contributed by atoms with Crippen LogP contribution in [0.3, 0.4) is 0 Å². The number of Topliss-reactive ketones (excluding diaryl/α,β-unsaturated/α-hetero) is 1. The van der Waals surface area contributed by atoms with Crippen LogP contribution < -0.4 is 4.74 Å². The van der Waals surface area contributed by atoms with E-state index in [4.69, 9.17) is 4.74 Å². The number of benzene rings is 4. The zero-order valence-corrected chi connectivity index (χ0v) is 24.1. The zero-order chi connectivity index (χ0) is 32.0. The standard InChI is InChI=1S/C34H30O10/c1-15-7-18(36)10-20(8-15)44-21-9-16(2)28(26(39)13-21)22(6-4-5-17(3)35)29-27(40)14-24-31(33(29)42)34(43)30-23(32(24)41)11-19(37)12-25(30)38/h7-14,22,36-40,42H,4-6H2,1-3H3/t22-/m0/s1. The van der Waals surface area contributed by atoms with Gasteiger partial charge in [0.15, 0.2) is 5.78 Å². The first-order valence-corrected chi connectivity index (χ1v) is 13.8. The lowest BCUT2D eigenvalue weighted by Crippen LogP contribution is -2.22. The normalized spacial score (nSPS) is 12.9. The molecule has 5 rings (SSSR count). The third kappa shape index (κ3) is 5.37. The molecule has 1 aliphatic carbocycles. The molecule has 44 heavy (non-hydrogen) atoms. The van der Waals surface area contributed by atoms with Crippen molar-refractivity contribution in [3.63, 3.8) is 0 Å². The Labute approximate surface area is 252 Å². The minimum Gasteiger partial charge on any atom is -0.508 e. The van der Waals surface area contributed by atoms with Gasteiger partial charge < -0.3 is 40.2 Å². The molecular weight excluding hydrogens is 568 g/mol. The van der Waals surface area contributed by atoms with Gasteiger partial charge in [0.25, 0.3) is 0 Å². The van der Waals surface area contributed by atoms with Gasteiger partial charge in [-0.25, -0.2) is 0 Å². The van der Waals surface area contributed by atoms with E-state index in [-0.39, 0.29) is 58.1 Å². The van der Waals surface area contributed by atoms with Crippen molar-refractivity contribution in [3.05, 3.63) is 93.0 Å². The van der Waals surface area contributed by atoms with Crippen molar-refractivity contribution in [1.82, 2.24) is 0 Å². The third-order valence-corrected chi connectivity index (χ3v) is 7.69. The Morgan fingerprint density at radius 2 is 1.34 bits per heavy atom. The summed E-state index contributed by atoms with van der Waals surface area (Å²) in [5.41, 5.74) is -0.0702. The Hall–Kier alpha value is -5.51. The molecule has 10 nitrogen and oxygen atoms in total. The molecule has 0 saturated heterocycles. The summed E-state index contributed by atoms with van der Waals surface area (Å²) in [6, 6.07) is 10.6. The van der Waals surface area contributed by atoms with Crippen molar-refractivity contribution in [2.45, 2.75) is 46.0 Å². The van der Waals surface area contributed by atoms with Gasteiger partial charge >= 0.3 is 0 Å². The molecule has 0 saturated carbocycles. The van der Waals surface area contributed by atoms with Gasteiger partial charge in [-0.1, -0.05) is 0 Å². The predicted octanol–water partition coefficient (Wildman–Crippen LogP) is 6.00. The molecule has 0 aliphatic heterocycles. The molecule has 0 radical (unpaired) electrons. The van der Waals surface area contributed by atoms with Gasteiger partial charge in [-0.3, -0.25) is 9.59 Å². The average Bonchev–Trinajstić information content (AvgIpc) is 2.89. The van der Waals surface area contributed by atoms with Crippen molar-refractivity contribution < 1.29 is 49.8 Å². The van der Waals surface area contributed by atoms with Crippen molar-refractivity contribution >= 4 is 17.3 Å². The summed E-state index contributed by atoms with van der Waals surface area (Å²) in [5.74, 6) is -4.75. The quantitative estimate of drug-likeness (QED) is 0.124. The van der Waals surface area contributed by atoms with Crippen LogP contribution in [0.15, 0.2) is 48.5 Å². The second-order valence-corrected chi connectivity index (χ2v) is 11.1. The van der Waals surface area contributed by atoms with Gasteiger partial charge in [-0.05, 0) is 75.1 Å². The van der Waals surface area contributed by atoms with Crippen LogP contribution in [0.5, 0.6) is 46.0 Å². The van der Waals surface area contributed by atoms with Gasteiger partial charge in [0, 0.05) is 52.8 Å². The molecule has 6 N–H and O–H groups in total. The molecule has 0 unspecified atom stereocenters. The molecule has 0 aromatic heterocycles. The van der Waals surface area contributed by atoms with E-state index in [1.54, 1.807) is 32.0 Å². The van der Waals surface area contributed by atoms with Crippen LogP contribution in [0.2, 0.25) is 0 Å². The lowest BCUT2D eigenvalue weighted by molar-refractivity contribution is -0.117. The van der Waals surface area contributed by atoms with Gasteiger partial charge in [0.1, 0.15) is 51.8 Å². The fourth-order valence-electron chi connectivity index (χ4n) is 5.89. The van der Waals surface area contributed by atoms with E-state index in [1.807, 2.05) is 0 Å². The smallest absolute Gasteiger partial charge is 0.201 e. The van der Waals surface area contributed by atoms with Crippen LogP contribution in [-0.2, 0) is 4.79 Å². The van der Waals surface area contributed by atoms with E-state index in [1.165, 1.54) is 19.1 Å². The fourth-order valence-corrected chi connectivity index (χ4v) is 5.89. The van der Waals surface area contributed by atoms with Gasteiger partial charge in [-0.2, -0.15) is 0 Å². The Bertz CT molecular complexity index is 1830. The number of fused-ring (bicyclic) bond motifs is 2. The molecule has 0 bridgehead atoms. The number of aryl methyl sites for hydroxylation is 2. The van der Waals surface area contributed by atoms with Crippen LogP contribution in [0.1, 0.15) is 86.2 Å². The monoisotopic (exact) mass is 598 g/mol. The third-order valence-electron chi connectivity index (χ3n) is 7.69. The average molecular weight is 599 g/mol. The molecule has 0 spiro atoms. The minimum atomic E-state index is -0.950. The summed E-state index contributed by atoms with van der Waals surface area (Å²) in [4.78, 5) is 38.6. The first-order valence-electron chi connectivity index (χ1n) is 13.8. The molecule has 4 aromatic rings. The summed E-state index contributed by atoms with van der Waals surface area (Å²) < 4.78 is 5.87. The summed E-state index contributed by atoms with van der Waals surface area (Å²) in [7, 11) is 0. The van der Waals surface area contributed by atoms with Crippen LogP contribution in [0, 0.1) is 13.8 Å². The first-order chi connectivity index (χ1) is 20.8. The number of rotatable bonds is 8. The number of phenolic OH excluding ortho intramolecular Hbond substituents is 6. The van der Waals surface area contributed by atoms with Crippen molar-refractivity contribution in [2.24, 2.45) is 0 Å². The van der Waals surface area contributed by atoms with Gasteiger partial charge in [-0.15, -0.1) is 0 Å². The summed E-state index contributed by atoms with van der Waals surface area (Å²) >= 11 is 0. The number of aromatic hydroxyl groups is 6. The van der Waals surface area contributed by atoms with Crippen LogP contribution >= 0.6 is 0 Å². The Balaban J connectivity index is 1.64. The van der Waals surface area contributed by atoms with Crippen molar-refractivity contribution in [3.8, 4) is 46.0 Å². The van der Waals surface area contributed by atoms with Crippen LogP contribution in [-0.4, -0.2) is 48.0 Å². The van der Waals surface area contributed by atoms with Crippen LogP contribution in [0.25, 0.3) is 0 Å². The largest absolute Gasteiger partial charge is 0.508 e. The van der Waals surface area contributed by atoms with E-state index in [0.29, 0.717) is 17.7 Å². The molecule has 0 fully saturated rings. The van der Waals surface area contributed by atoms with E-state index >= 15 is 0 Å². The number of hydrogen-bond donors (Lipinski definition) is 6. The number of phenols is 6. The molecule has 1 aliphatic rings. The number of ether oxygens (including phenoxy) is 1. The van der Waals surface area contributed by atoms with E-state index in [2.05, 4.69) is 0 Å². The predicted molar refractivity (Wildman–Crippen MR) is 159 cm³/mol. The lowest BCUT2D eigenvalue weighted by Gasteiger charge is -2.27. The molecule has 0 heterocycles. The Morgan fingerprint density at radius 3 is 2.00 bits per heavy atom. The highest BCUT2D eigenvalue weighted by atomic mass is 16.5. The zero-order valence-electron chi connectivity index (χ0n) is 24.1. The highest BCUT2D eigenvalue weighted by molar-refractivity contribution is 6.30. The number of carbonyl (C=O) groups excluding carboxylic acids is 3. The van der Waals surface area contributed by atoms with Crippen molar-refractivity contribution in [2.75, 3.05) is 0 Å². The SMILES string of the molecule is CC(=O)CCC[C@@H](c1c(C)cc(Oc2cc(C)cc(O)c2)cc1O)c1c(O)cc2c(c1O)C(=O)c1c(O)cc(O)cc1C2=O. The Kier molecular flexibility index (Phi) is 7.69. The molecule has 0 amide bonds. The van der Waals surface area contributed by atoms with E-state index < -0.39 is 51.6 Å².